The molecule has 0 aliphatic heterocycles. The Labute approximate surface area is 199 Å². The standard InChI is InChI=1S/C24H26F2N6O3/c1-11(2)32-21(27)19(22(28)34)20(30-32)12-4-14(25)13(15(26)5-12)6-17(33)29-18-7-16(31-35-18)24-8-23(3,9-24)10-24/h4-5,7,11H,6,8-10,27H2,1-3H3,(H2,28,34)(H,29,33). The maximum Gasteiger partial charge on any atom is 0.254 e. The van der Waals surface area contributed by atoms with Gasteiger partial charge in [-0.15, -0.1) is 0 Å². The average molecular weight is 485 g/mol. The smallest absolute Gasteiger partial charge is 0.254 e. The summed E-state index contributed by atoms with van der Waals surface area (Å²) < 4.78 is 36.4. The van der Waals surface area contributed by atoms with Crippen LogP contribution in [0, 0.1) is 17.0 Å². The zero-order chi connectivity index (χ0) is 25.3. The van der Waals surface area contributed by atoms with Gasteiger partial charge >= 0.3 is 0 Å². The molecule has 5 N–H and O–H groups in total. The maximum atomic E-state index is 14.9. The van der Waals surface area contributed by atoms with Crippen LogP contribution >= 0.6 is 0 Å². The first kappa shape index (κ1) is 23.0. The van der Waals surface area contributed by atoms with Crippen molar-refractivity contribution < 1.29 is 22.9 Å². The van der Waals surface area contributed by atoms with Crippen molar-refractivity contribution >= 4 is 23.5 Å². The van der Waals surface area contributed by atoms with Crippen molar-refractivity contribution in [2.24, 2.45) is 11.1 Å². The number of nitrogens with two attached hydrogens (primary N) is 2. The fourth-order valence-corrected chi connectivity index (χ4v) is 5.69. The molecule has 3 aliphatic carbocycles. The van der Waals surface area contributed by atoms with Crippen molar-refractivity contribution in [3.63, 3.8) is 0 Å². The van der Waals surface area contributed by atoms with Crippen LogP contribution < -0.4 is 16.8 Å². The highest BCUT2D eigenvalue weighted by atomic mass is 19.1. The number of anilines is 2. The molecule has 3 saturated carbocycles. The summed E-state index contributed by atoms with van der Waals surface area (Å²) in [5.41, 5.74) is 12.0. The maximum absolute atomic E-state index is 14.9. The molecule has 35 heavy (non-hydrogen) atoms. The molecule has 2 bridgehead atoms. The van der Waals surface area contributed by atoms with Crippen molar-refractivity contribution in [2.75, 3.05) is 11.1 Å². The molecule has 0 radical (unpaired) electrons. The number of nitrogens with zero attached hydrogens (tertiary/aromatic N) is 3. The van der Waals surface area contributed by atoms with E-state index in [1.165, 1.54) is 4.68 Å². The van der Waals surface area contributed by atoms with Crippen molar-refractivity contribution in [3.8, 4) is 11.3 Å². The predicted molar refractivity (Wildman–Crippen MR) is 123 cm³/mol. The molecule has 2 aromatic heterocycles. The first-order valence-electron chi connectivity index (χ1n) is 11.3. The molecule has 3 aromatic rings. The molecular weight excluding hydrogens is 458 g/mol. The van der Waals surface area contributed by atoms with Crippen LogP contribution in [-0.2, 0) is 16.6 Å². The molecule has 11 heteroatoms. The number of aromatic nitrogens is 3. The second kappa shape index (κ2) is 7.62. The second-order valence-electron chi connectivity index (χ2n) is 10.4. The monoisotopic (exact) mass is 484 g/mol. The fraction of sp³-hybridized carbons (Fsp3) is 0.417. The summed E-state index contributed by atoms with van der Waals surface area (Å²) in [6.07, 6.45) is 2.56. The van der Waals surface area contributed by atoms with Gasteiger partial charge in [0.25, 0.3) is 5.91 Å². The second-order valence-corrected chi connectivity index (χ2v) is 10.4. The summed E-state index contributed by atoms with van der Waals surface area (Å²) in [6.45, 7) is 5.80. The molecule has 1 aromatic carbocycles. The number of primary amides is 1. The molecule has 0 spiro atoms. The largest absolute Gasteiger partial charge is 0.383 e. The number of halogens is 2. The number of carbonyl (C=O) groups is 2. The number of nitrogens with one attached hydrogen (secondary N) is 1. The molecule has 3 fully saturated rings. The molecule has 0 atom stereocenters. The van der Waals surface area contributed by atoms with E-state index >= 15 is 0 Å². The summed E-state index contributed by atoms with van der Waals surface area (Å²) >= 11 is 0. The molecule has 2 amide bonds. The van der Waals surface area contributed by atoms with E-state index in [1.807, 2.05) is 0 Å². The third-order valence-corrected chi connectivity index (χ3v) is 7.05. The SMILES string of the molecule is CC(C)n1nc(-c2cc(F)c(CC(=O)Nc3cc(C45CC(C)(C4)C5)no3)c(F)c2)c(C(N)=O)c1N. The Morgan fingerprint density at radius 1 is 1.20 bits per heavy atom. The number of benzene rings is 1. The van der Waals surface area contributed by atoms with Crippen LogP contribution in [0.15, 0.2) is 22.7 Å². The third-order valence-electron chi connectivity index (χ3n) is 7.05. The molecule has 0 saturated heterocycles. The normalized spacial score (nSPS) is 22.6. The van der Waals surface area contributed by atoms with Gasteiger partial charge < -0.3 is 16.0 Å². The van der Waals surface area contributed by atoms with Crippen molar-refractivity contribution in [3.05, 3.63) is 46.7 Å². The quantitative estimate of drug-likeness (QED) is 0.467. The highest BCUT2D eigenvalue weighted by Crippen LogP contribution is 2.73. The Morgan fingerprint density at radius 2 is 1.83 bits per heavy atom. The molecule has 9 nitrogen and oxygen atoms in total. The minimum atomic E-state index is -0.969. The zero-order valence-electron chi connectivity index (χ0n) is 19.6. The molecular formula is C24H26F2N6O3. The van der Waals surface area contributed by atoms with Gasteiger partial charge in [-0.05, 0) is 50.7 Å². The lowest BCUT2D eigenvalue weighted by Gasteiger charge is -2.68. The van der Waals surface area contributed by atoms with Gasteiger partial charge in [0.15, 0.2) is 0 Å². The number of carbonyl (C=O) groups excluding carboxylic acids is 2. The minimum Gasteiger partial charge on any atom is -0.383 e. The van der Waals surface area contributed by atoms with Crippen molar-refractivity contribution in [1.29, 1.82) is 0 Å². The summed E-state index contributed by atoms with van der Waals surface area (Å²) in [4.78, 5) is 24.4. The average Bonchev–Trinajstić information content (AvgIpc) is 3.31. The summed E-state index contributed by atoms with van der Waals surface area (Å²) in [5, 5.41) is 10.8. The van der Waals surface area contributed by atoms with Crippen LogP contribution in [0.1, 0.15) is 67.7 Å². The van der Waals surface area contributed by atoms with Gasteiger partial charge in [-0.25, -0.2) is 13.5 Å². The molecule has 3 aliphatic rings. The van der Waals surface area contributed by atoms with Gasteiger partial charge in [-0.2, -0.15) is 5.10 Å². The Balaban J connectivity index is 1.34. The van der Waals surface area contributed by atoms with Crippen LogP contribution in [0.2, 0.25) is 0 Å². The van der Waals surface area contributed by atoms with Gasteiger partial charge in [0.2, 0.25) is 11.8 Å². The predicted octanol–water partition coefficient (Wildman–Crippen LogP) is 3.70. The van der Waals surface area contributed by atoms with Gasteiger partial charge in [0.1, 0.15) is 28.7 Å². The Hall–Kier alpha value is -3.76. The Kier molecular flexibility index (Phi) is 5.01. The first-order valence-corrected chi connectivity index (χ1v) is 11.3. The Morgan fingerprint density at radius 3 is 2.37 bits per heavy atom. The topological polar surface area (TPSA) is 142 Å². The molecule has 184 valence electrons. The van der Waals surface area contributed by atoms with Crippen LogP contribution in [0.25, 0.3) is 11.3 Å². The molecule has 2 heterocycles. The van der Waals surface area contributed by atoms with Crippen molar-refractivity contribution in [1.82, 2.24) is 14.9 Å². The lowest BCUT2D eigenvalue weighted by molar-refractivity contribution is -0.129. The fourth-order valence-electron chi connectivity index (χ4n) is 5.69. The van der Waals surface area contributed by atoms with E-state index in [0.717, 1.165) is 37.1 Å². The number of hydrogen-bond donors (Lipinski definition) is 3. The number of hydrogen-bond acceptors (Lipinski definition) is 6. The lowest BCUT2D eigenvalue weighted by Crippen LogP contribution is -2.62. The van der Waals surface area contributed by atoms with Crippen LogP contribution in [0.4, 0.5) is 20.5 Å². The van der Waals surface area contributed by atoms with E-state index in [2.05, 4.69) is 22.5 Å². The van der Waals surface area contributed by atoms with Gasteiger partial charge in [0, 0.05) is 28.7 Å². The highest BCUT2D eigenvalue weighted by molar-refractivity contribution is 6.03. The van der Waals surface area contributed by atoms with Gasteiger partial charge in [0.05, 0.1) is 12.1 Å². The number of amides is 2. The Bertz CT molecular complexity index is 1330. The number of nitrogen functional groups attached to an aromatic ring is 1. The summed E-state index contributed by atoms with van der Waals surface area (Å²) in [6, 6.07) is 3.46. The van der Waals surface area contributed by atoms with Crippen LogP contribution in [-0.4, -0.2) is 26.8 Å². The summed E-state index contributed by atoms with van der Waals surface area (Å²) in [5.74, 6) is -3.32. The van der Waals surface area contributed by atoms with Gasteiger partial charge in [-0.3, -0.25) is 14.9 Å². The van der Waals surface area contributed by atoms with E-state index in [9.17, 15) is 18.4 Å². The molecule has 0 unspecified atom stereocenters. The third kappa shape index (κ3) is 3.65. The highest BCUT2D eigenvalue weighted by Gasteiger charge is 2.66. The van der Waals surface area contributed by atoms with Gasteiger partial charge in [-0.1, -0.05) is 12.1 Å². The number of rotatable bonds is 7. The van der Waals surface area contributed by atoms with Crippen LogP contribution in [0.5, 0.6) is 0 Å². The van der Waals surface area contributed by atoms with E-state index in [0.29, 0.717) is 5.41 Å². The zero-order valence-corrected chi connectivity index (χ0v) is 19.6. The summed E-state index contributed by atoms with van der Waals surface area (Å²) in [7, 11) is 0. The van der Waals surface area contributed by atoms with E-state index < -0.39 is 35.4 Å². The first-order chi connectivity index (χ1) is 16.4. The van der Waals surface area contributed by atoms with Crippen LogP contribution in [0.3, 0.4) is 0 Å². The van der Waals surface area contributed by atoms with Crippen molar-refractivity contribution in [2.45, 2.75) is 57.9 Å². The molecule has 6 rings (SSSR count). The van der Waals surface area contributed by atoms with E-state index in [4.69, 9.17) is 16.0 Å². The van der Waals surface area contributed by atoms with E-state index in [-0.39, 0.29) is 40.0 Å². The van der Waals surface area contributed by atoms with E-state index in [1.54, 1.807) is 19.9 Å². The lowest BCUT2D eigenvalue weighted by atomic mass is 9.35. The minimum absolute atomic E-state index is 0.00571.